The van der Waals surface area contributed by atoms with Crippen molar-refractivity contribution in [1.82, 2.24) is 9.55 Å². The van der Waals surface area contributed by atoms with Gasteiger partial charge in [0.15, 0.2) is 5.16 Å². The van der Waals surface area contributed by atoms with Gasteiger partial charge >= 0.3 is 6.18 Å². The summed E-state index contributed by atoms with van der Waals surface area (Å²) in [6.07, 6.45) is 1.60. The first-order chi connectivity index (χ1) is 17.7. The summed E-state index contributed by atoms with van der Waals surface area (Å²) in [5.74, 6) is -0.558. The number of hydrogen-bond donors (Lipinski definition) is 1. The number of fused-ring (bicyclic) bond motifs is 4. The lowest BCUT2D eigenvalue weighted by atomic mass is 9.62. The summed E-state index contributed by atoms with van der Waals surface area (Å²) < 4.78 is 40.7. The molecule has 1 aromatic heterocycles. The first kappa shape index (κ1) is 25.6. The van der Waals surface area contributed by atoms with Gasteiger partial charge in [0.2, 0.25) is 5.91 Å². The molecule has 0 bridgehead atoms. The Balaban J connectivity index is 1.46. The Morgan fingerprint density at radius 2 is 1.86 bits per heavy atom. The average molecular weight is 528 g/mol. The maximum Gasteiger partial charge on any atom is 0.416 e. The van der Waals surface area contributed by atoms with E-state index in [9.17, 15) is 22.8 Å². The Hall–Kier alpha value is -3.07. The van der Waals surface area contributed by atoms with Crippen LogP contribution < -0.4 is 10.9 Å². The summed E-state index contributed by atoms with van der Waals surface area (Å²) >= 11 is 1.12. The van der Waals surface area contributed by atoms with Crippen molar-refractivity contribution in [2.24, 2.45) is 0 Å². The second kappa shape index (κ2) is 10.0. The number of rotatable bonds is 5. The van der Waals surface area contributed by atoms with Crippen molar-refractivity contribution in [3.63, 3.8) is 0 Å². The zero-order valence-corrected chi connectivity index (χ0v) is 21.3. The van der Waals surface area contributed by atoms with Crippen molar-refractivity contribution in [3.05, 3.63) is 75.6 Å². The van der Waals surface area contributed by atoms with E-state index in [0.717, 1.165) is 67.1 Å². The van der Waals surface area contributed by atoms with Crippen molar-refractivity contribution in [2.45, 2.75) is 68.7 Å². The fraction of sp³-hybridized carbons (Fsp3) is 0.393. The second-order valence-electron chi connectivity index (χ2n) is 9.76. The molecule has 1 amide bonds. The van der Waals surface area contributed by atoms with Crippen LogP contribution in [-0.4, -0.2) is 21.2 Å². The van der Waals surface area contributed by atoms with Gasteiger partial charge in [-0.05, 0) is 49.9 Å². The minimum absolute atomic E-state index is 0.0512. The molecule has 1 spiro atoms. The van der Waals surface area contributed by atoms with Gasteiger partial charge < -0.3 is 5.32 Å². The third kappa shape index (κ3) is 4.93. The standard InChI is InChI=1S/C28H28F3N3O2S/c1-2-34-25(36)23-24(21-12-5-4-9-18(21)16-27(23)13-6-3-7-14-27)33-26(34)37-17-22(35)32-20-11-8-10-19(15-20)28(29,30)31/h4-5,8-12,15H,2-3,6-7,13-14,16-17H2,1H3,(H,32,35). The number of anilines is 1. The molecule has 1 heterocycles. The van der Waals surface area contributed by atoms with Gasteiger partial charge in [-0.15, -0.1) is 0 Å². The molecule has 37 heavy (non-hydrogen) atoms. The van der Waals surface area contributed by atoms with Crippen LogP contribution in [-0.2, 0) is 29.4 Å². The summed E-state index contributed by atoms with van der Waals surface area (Å²) in [5.41, 5.74) is 2.63. The zero-order valence-electron chi connectivity index (χ0n) is 20.5. The molecular formula is C28H28F3N3O2S. The SMILES string of the molecule is CCn1c(SCC(=O)Nc2cccc(C(F)(F)F)c2)nc2c(c1=O)C1(CCCCC1)Cc1ccccc1-2. The number of nitrogens with one attached hydrogen (secondary N) is 1. The minimum Gasteiger partial charge on any atom is -0.325 e. The molecule has 0 atom stereocenters. The first-order valence-corrected chi connectivity index (χ1v) is 13.5. The summed E-state index contributed by atoms with van der Waals surface area (Å²) in [6, 6.07) is 12.6. The van der Waals surface area contributed by atoms with Gasteiger partial charge in [0.25, 0.3) is 5.56 Å². The summed E-state index contributed by atoms with van der Waals surface area (Å²) in [5, 5.41) is 2.96. The van der Waals surface area contributed by atoms with Gasteiger partial charge in [-0.2, -0.15) is 13.2 Å². The van der Waals surface area contributed by atoms with Crippen LogP contribution in [0.3, 0.4) is 0 Å². The van der Waals surface area contributed by atoms with Crippen LogP contribution in [0, 0.1) is 0 Å². The molecule has 2 aliphatic carbocycles. The molecular weight excluding hydrogens is 499 g/mol. The van der Waals surface area contributed by atoms with E-state index in [1.54, 1.807) is 4.57 Å². The molecule has 1 saturated carbocycles. The zero-order chi connectivity index (χ0) is 26.2. The lowest BCUT2D eigenvalue weighted by Crippen LogP contribution is -2.43. The fourth-order valence-corrected chi connectivity index (χ4v) is 6.57. The van der Waals surface area contributed by atoms with Crippen molar-refractivity contribution in [2.75, 3.05) is 11.1 Å². The topological polar surface area (TPSA) is 64.0 Å². The van der Waals surface area contributed by atoms with Crippen molar-refractivity contribution < 1.29 is 18.0 Å². The highest BCUT2D eigenvalue weighted by Crippen LogP contribution is 2.48. The maximum absolute atomic E-state index is 13.9. The highest BCUT2D eigenvalue weighted by molar-refractivity contribution is 7.99. The molecule has 5 rings (SSSR count). The quantitative estimate of drug-likeness (QED) is 0.307. The molecule has 194 valence electrons. The van der Waals surface area contributed by atoms with Crippen LogP contribution >= 0.6 is 11.8 Å². The molecule has 5 nitrogen and oxygen atoms in total. The molecule has 2 aromatic carbocycles. The monoisotopic (exact) mass is 527 g/mol. The summed E-state index contributed by atoms with van der Waals surface area (Å²) in [7, 11) is 0. The van der Waals surface area contributed by atoms with E-state index < -0.39 is 17.6 Å². The predicted molar refractivity (Wildman–Crippen MR) is 139 cm³/mol. The largest absolute Gasteiger partial charge is 0.416 e. The van der Waals surface area contributed by atoms with Crippen molar-refractivity contribution >= 4 is 23.4 Å². The van der Waals surface area contributed by atoms with Crippen LogP contribution in [0.15, 0.2) is 58.5 Å². The van der Waals surface area contributed by atoms with E-state index in [2.05, 4.69) is 11.4 Å². The Kier molecular flexibility index (Phi) is 6.91. The van der Waals surface area contributed by atoms with Crippen LogP contribution in [0.5, 0.6) is 0 Å². The number of nitrogens with zero attached hydrogens (tertiary/aromatic N) is 2. The highest BCUT2D eigenvalue weighted by atomic mass is 32.2. The molecule has 0 aliphatic heterocycles. The van der Waals surface area contributed by atoms with E-state index in [1.807, 2.05) is 25.1 Å². The summed E-state index contributed by atoms with van der Waals surface area (Å²) in [6.45, 7) is 2.29. The van der Waals surface area contributed by atoms with Crippen LogP contribution in [0.4, 0.5) is 18.9 Å². The van der Waals surface area contributed by atoms with Gasteiger partial charge in [-0.3, -0.25) is 14.2 Å². The number of carbonyl (C=O) groups is 1. The van der Waals surface area contributed by atoms with E-state index in [4.69, 9.17) is 4.98 Å². The number of amides is 1. The van der Waals surface area contributed by atoms with Gasteiger partial charge in [0.05, 0.1) is 22.6 Å². The van der Waals surface area contributed by atoms with Gasteiger partial charge in [0, 0.05) is 23.2 Å². The van der Waals surface area contributed by atoms with Gasteiger partial charge in [-0.1, -0.05) is 61.4 Å². The number of alkyl halides is 3. The number of carbonyl (C=O) groups excluding carboxylic acids is 1. The molecule has 2 aliphatic rings. The number of halogens is 3. The van der Waals surface area contributed by atoms with E-state index in [1.165, 1.54) is 24.1 Å². The van der Waals surface area contributed by atoms with E-state index >= 15 is 0 Å². The maximum atomic E-state index is 13.9. The Bertz CT molecular complexity index is 1390. The van der Waals surface area contributed by atoms with E-state index in [-0.39, 0.29) is 22.4 Å². The molecule has 0 unspecified atom stereocenters. The molecule has 0 radical (unpaired) electrons. The fourth-order valence-electron chi connectivity index (χ4n) is 5.71. The Morgan fingerprint density at radius 1 is 1.11 bits per heavy atom. The number of aromatic nitrogens is 2. The number of thioether (sulfide) groups is 1. The second-order valence-corrected chi connectivity index (χ2v) is 10.7. The van der Waals surface area contributed by atoms with E-state index in [0.29, 0.717) is 17.4 Å². The Morgan fingerprint density at radius 3 is 2.59 bits per heavy atom. The van der Waals surface area contributed by atoms with Crippen LogP contribution in [0.25, 0.3) is 11.3 Å². The third-order valence-corrected chi connectivity index (χ3v) is 8.38. The average Bonchev–Trinajstić information content (AvgIpc) is 2.87. The molecule has 1 N–H and O–H groups in total. The molecule has 0 saturated heterocycles. The third-order valence-electron chi connectivity index (χ3n) is 7.40. The van der Waals surface area contributed by atoms with Crippen molar-refractivity contribution in [1.29, 1.82) is 0 Å². The summed E-state index contributed by atoms with van der Waals surface area (Å²) in [4.78, 5) is 31.5. The number of benzene rings is 2. The normalized spacial score (nSPS) is 16.2. The van der Waals surface area contributed by atoms with Gasteiger partial charge in [0.1, 0.15) is 0 Å². The highest BCUT2D eigenvalue weighted by Gasteiger charge is 2.43. The number of hydrogen-bond acceptors (Lipinski definition) is 4. The first-order valence-electron chi connectivity index (χ1n) is 12.6. The smallest absolute Gasteiger partial charge is 0.325 e. The van der Waals surface area contributed by atoms with Gasteiger partial charge in [-0.25, -0.2) is 4.98 Å². The lowest BCUT2D eigenvalue weighted by molar-refractivity contribution is -0.137. The lowest BCUT2D eigenvalue weighted by Gasteiger charge is -2.42. The van der Waals surface area contributed by atoms with Crippen LogP contribution in [0.1, 0.15) is 55.7 Å². The van der Waals surface area contributed by atoms with Crippen molar-refractivity contribution in [3.8, 4) is 11.3 Å². The molecule has 9 heteroatoms. The molecule has 1 fully saturated rings. The minimum atomic E-state index is -4.49. The molecule has 3 aromatic rings. The van der Waals surface area contributed by atoms with Crippen LogP contribution in [0.2, 0.25) is 0 Å². The predicted octanol–water partition coefficient (Wildman–Crippen LogP) is 6.44. The Labute approximate surface area is 217 Å².